The number of rotatable bonds is 4. The smallest absolute Gasteiger partial charge is 0.416 e. The molecule has 0 saturated carbocycles. The van der Waals surface area contributed by atoms with E-state index in [4.69, 9.17) is 22.1 Å². The molecule has 0 aliphatic rings. The Balaban J connectivity index is 2.05. The summed E-state index contributed by atoms with van der Waals surface area (Å²) in [6, 6.07) is 9.89. The lowest BCUT2D eigenvalue weighted by molar-refractivity contribution is -0.137. The van der Waals surface area contributed by atoms with E-state index in [9.17, 15) is 13.2 Å². The first-order valence-electron chi connectivity index (χ1n) is 6.86. The lowest BCUT2D eigenvalue weighted by atomic mass is 10.1. The number of nitrogens with zero attached hydrogens (tertiary/aromatic N) is 1. The van der Waals surface area contributed by atoms with Gasteiger partial charge in [0.15, 0.2) is 5.96 Å². The highest BCUT2D eigenvalue weighted by atomic mass is 35.5. The number of nitrogens with one attached hydrogen (secondary N) is 1. The summed E-state index contributed by atoms with van der Waals surface area (Å²) in [5.41, 5.74) is 6.02. The average molecular weight is 358 g/mol. The zero-order valence-corrected chi connectivity index (χ0v) is 13.4. The molecule has 2 aromatic rings. The van der Waals surface area contributed by atoms with Crippen molar-refractivity contribution < 1.29 is 17.9 Å². The van der Waals surface area contributed by atoms with Gasteiger partial charge in [0, 0.05) is 5.69 Å². The van der Waals surface area contributed by atoms with E-state index in [0.717, 1.165) is 12.1 Å². The summed E-state index contributed by atoms with van der Waals surface area (Å²) in [7, 11) is 1.50. The van der Waals surface area contributed by atoms with Crippen molar-refractivity contribution in [2.45, 2.75) is 12.7 Å². The van der Waals surface area contributed by atoms with Crippen LogP contribution in [0.15, 0.2) is 47.5 Å². The number of halogens is 4. The maximum absolute atomic E-state index is 12.7. The molecular weight excluding hydrogens is 343 g/mol. The summed E-state index contributed by atoms with van der Waals surface area (Å²) < 4.78 is 43.0. The van der Waals surface area contributed by atoms with Crippen LogP contribution in [0.3, 0.4) is 0 Å². The SMILES string of the molecule is COc1ccc(NC(N)=NCc2cccc(C(F)(F)F)c2)cc1Cl. The molecule has 24 heavy (non-hydrogen) atoms. The molecule has 0 amide bonds. The van der Waals surface area contributed by atoms with Crippen molar-refractivity contribution in [1.82, 2.24) is 0 Å². The van der Waals surface area contributed by atoms with E-state index in [2.05, 4.69) is 10.3 Å². The minimum atomic E-state index is -4.39. The number of methoxy groups -OCH3 is 1. The molecule has 2 aromatic carbocycles. The highest BCUT2D eigenvalue weighted by Crippen LogP contribution is 2.30. The molecule has 2 rings (SSSR count). The molecule has 0 spiro atoms. The Morgan fingerprint density at radius 2 is 2.00 bits per heavy atom. The fourth-order valence-corrected chi connectivity index (χ4v) is 2.21. The van der Waals surface area contributed by atoms with Gasteiger partial charge in [0.1, 0.15) is 5.75 Å². The lowest BCUT2D eigenvalue weighted by Crippen LogP contribution is -2.22. The number of benzene rings is 2. The van der Waals surface area contributed by atoms with E-state index in [0.29, 0.717) is 22.0 Å². The van der Waals surface area contributed by atoms with Gasteiger partial charge in [0.05, 0.1) is 24.2 Å². The van der Waals surface area contributed by atoms with Gasteiger partial charge in [-0.1, -0.05) is 23.7 Å². The lowest BCUT2D eigenvalue weighted by Gasteiger charge is -2.09. The molecule has 0 aliphatic carbocycles. The number of alkyl halides is 3. The second-order valence-electron chi connectivity index (χ2n) is 4.87. The molecule has 8 heteroatoms. The first-order valence-corrected chi connectivity index (χ1v) is 7.24. The van der Waals surface area contributed by atoms with Crippen LogP contribution in [0.25, 0.3) is 0 Å². The predicted molar refractivity (Wildman–Crippen MR) is 88.4 cm³/mol. The monoisotopic (exact) mass is 357 g/mol. The Morgan fingerprint density at radius 3 is 2.62 bits per heavy atom. The molecule has 128 valence electrons. The number of hydrogen-bond donors (Lipinski definition) is 2. The van der Waals surface area contributed by atoms with Crippen LogP contribution in [0.1, 0.15) is 11.1 Å². The third kappa shape index (κ3) is 4.79. The number of nitrogens with two attached hydrogens (primary N) is 1. The molecule has 0 aliphatic heterocycles. The van der Waals surface area contributed by atoms with Crippen LogP contribution in [0.5, 0.6) is 5.75 Å². The second kappa shape index (κ2) is 7.44. The van der Waals surface area contributed by atoms with Crippen LogP contribution in [0.2, 0.25) is 5.02 Å². The van der Waals surface area contributed by atoms with E-state index in [1.165, 1.54) is 13.2 Å². The zero-order chi connectivity index (χ0) is 17.7. The van der Waals surface area contributed by atoms with Crippen LogP contribution in [0.4, 0.5) is 18.9 Å². The van der Waals surface area contributed by atoms with Crippen molar-refractivity contribution in [3.8, 4) is 5.75 Å². The van der Waals surface area contributed by atoms with Crippen molar-refractivity contribution in [3.05, 3.63) is 58.6 Å². The van der Waals surface area contributed by atoms with Crippen molar-refractivity contribution in [3.63, 3.8) is 0 Å². The van der Waals surface area contributed by atoms with Gasteiger partial charge in [0.25, 0.3) is 0 Å². The molecular formula is C16H15ClF3N3O. The number of guanidine groups is 1. The first kappa shape index (κ1) is 17.9. The molecule has 0 saturated heterocycles. The summed E-state index contributed by atoms with van der Waals surface area (Å²) in [5.74, 6) is 0.579. The Hall–Kier alpha value is -2.41. The normalized spacial score (nSPS) is 12.1. The van der Waals surface area contributed by atoms with Crippen LogP contribution < -0.4 is 15.8 Å². The van der Waals surface area contributed by atoms with E-state index >= 15 is 0 Å². The molecule has 0 aromatic heterocycles. The minimum Gasteiger partial charge on any atom is -0.495 e. The predicted octanol–water partition coefficient (Wildman–Crippen LogP) is 4.29. The van der Waals surface area contributed by atoms with Crippen molar-refractivity contribution >= 4 is 23.2 Å². The topological polar surface area (TPSA) is 59.6 Å². The standard InChI is InChI=1S/C16H15ClF3N3O/c1-24-14-6-5-12(8-13(14)17)23-15(21)22-9-10-3-2-4-11(7-10)16(18,19)20/h2-8H,9H2,1H3,(H3,21,22,23). The second-order valence-corrected chi connectivity index (χ2v) is 5.28. The van der Waals surface area contributed by atoms with Crippen LogP contribution in [-0.4, -0.2) is 13.1 Å². The first-order chi connectivity index (χ1) is 11.3. The number of hydrogen-bond acceptors (Lipinski definition) is 2. The third-order valence-electron chi connectivity index (χ3n) is 3.11. The quantitative estimate of drug-likeness (QED) is 0.633. The molecule has 0 unspecified atom stereocenters. The van der Waals surface area contributed by atoms with Crippen LogP contribution >= 0.6 is 11.6 Å². The minimum absolute atomic E-state index is 0.0205. The Kier molecular flexibility index (Phi) is 5.56. The van der Waals surface area contributed by atoms with E-state index in [1.54, 1.807) is 24.3 Å². The van der Waals surface area contributed by atoms with Gasteiger partial charge in [0.2, 0.25) is 0 Å². The summed E-state index contributed by atoms with van der Waals surface area (Å²) in [4.78, 5) is 4.03. The molecule has 0 heterocycles. The molecule has 0 radical (unpaired) electrons. The number of ether oxygens (including phenoxy) is 1. The van der Waals surface area contributed by atoms with Gasteiger partial charge < -0.3 is 15.8 Å². The number of aliphatic imine (C=N–C) groups is 1. The van der Waals surface area contributed by atoms with Gasteiger partial charge in [-0.3, -0.25) is 0 Å². The van der Waals surface area contributed by atoms with Crippen molar-refractivity contribution in [2.24, 2.45) is 10.7 Å². The van der Waals surface area contributed by atoms with E-state index in [1.807, 2.05) is 0 Å². The van der Waals surface area contributed by atoms with Gasteiger partial charge >= 0.3 is 6.18 Å². The fourth-order valence-electron chi connectivity index (χ4n) is 1.95. The highest BCUT2D eigenvalue weighted by molar-refractivity contribution is 6.32. The maximum atomic E-state index is 12.7. The molecule has 3 N–H and O–H groups in total. The van der Waals surface area contributed by atoms with Crippen LogP contribution in [-0.2, 0) is 12.7 Å². The van der Waals surface area contributed by atoms with Gasteiger partial charge in [-0.15, -0.1) is 0 Å². The number of anilines is 1. The zero-order valence-electron chi connectivity index (χ0n) is 12.7. The van der Waals surface area contributed by atoms with Gasteiger partial charge in [-0.05, 0) is 35.9 Å². The fraction of sp³-hybridized carbons (Fsp3) is 0.188. The van der Waals surface area contributed by atoms with Crippen LogP contribution in [0, 0.1) is 0 Å². The Labute approximate surface area is 142 Å². The maximum Gasteiger partial charge on any atom is 0.416 e. The van der Waals surface area contributed by atoms with Crippen molar-refractivity contribution in [1.29, 1.82) is 0 Å². The Bertz CT molecular complexity index is 748. The molecule has 0 atom stereocenters. The summed E-state index contributed by atoms with van der Waals surface area (Å²) in [6.07, 6.45) is -4.39. The molecule has 0 bridgehead atoms. The van der Waals surface area contributed by atoms with Gasteiger partial charge in [-0.25, -0.2) is 4.99 Å². The third-order valence-corrected chi connectivity index (χ3v) is 3.41. The average Bonchev–Trinajstić information content (AvgIpc) is 2.53. The highest BCUT2D eigenvalue weighted by Gasteiger charge is 2.30. The van der Waals surface area contributed by atoms with E-state index < -0.39 is 11.7 Å². The molecule has 0 fully saturated rings. The largest absolute Gasteiger partial charge is 0.495 e. The van der Waals surface area contributed by atoms with Gasteiger partial charge in [-0.2, -0.15) is 13.2 Å². The summed E-state index contributed by atoms with van der Waals surface area (Å²) in [5, 5.41) is 3.21. The summed E-state index contributed by atoms with van der Waals surface area (Å²) >= 11 is 5.99. The Morgan fingerprint density at radius 1 is 1.25 bits per heavy atom. The summed E-state index contributed by atoms with van der Waals surface area (Å²) in [6.45, 7) is 0.0205. The van der Waals surface area contributed by atoms with Crippen molar-refractivity contribution in [2.75, 3.05) is 12.4 Å². The molecule has 4 nitrogen and oxygen atoms in total. The van der Waals surface area contributed by atoms with E-state index in [-0.39, 0.29) is 12.5 Å².